The van der Waals surface area contributed by atoms with Crippen molar-refractivity contribution in [2.75, 3.05) is 26.2 Å². The second-order valence-electron chi connectivity index (χ2n) is 9.56. The van der Waals surface area contributed by atoms with E-state index in [1.165, 1.54) is 23.9 Å². The van der Waals surface area contributed by atoms with Gasteiger partial charge in [-0.2, -0.15) is 0 Å². The number of carbonyl (C=O) groups excluding carboxylic acids is 2. The molecule has 37 heavy (non-hydrogen) atoms. The number of rotatable bonds is 5. The molecule has 0 spiro atoms. The molecule has 190 valence electrons. The van der Waals surface area contributed by atoms with Crippen molar-refractivity contribution in [2.24, 2.45) is 22.9 Å². The highest BCUT2D eigenvalue weighted by molar-refractivity contribution is 7.89. The first-order valence-electron chi connectivity index (χ1n) is 12.1. The number of hydrogen-bond donors (Lipinski definition) is 1. The predicted molar refractivity (Wildman–Crippen MR) is 134 cm³/mol. The summed E-state index contributed by atoms with van der Waals surface area (Å²) in [6.07, 6.45) is 3.16. The van der Waals surface area contributed by atoms with Crippen LogP contribution in [0.3, 0.4) is 0 Å². The molecule has 3 aromatic rings. The highest BCUT2D eigenvalue weighted by Crippen LogP contribution is 2.53. The number of aromatic nitrogens is 2. The van der Waals surface area contributed by atoms with Crippen molar-refractivity contribution >= 4 is 32.7 Å². The molecular weight excluding hydrogens is 494 g/mol. The molecule has 2 amide bonds. The van der Waals surface area contributed by atoms with Crippen LogP contribution in [0.25, 0.3) is 10.9 Å². The highest BCUT2D eigenvalue weighted by atomic mass is 32.2. The quantitative estimate of drug-likeness (QED) is 0.545. The number of benzene rings is 1. The Morgan fingerprint density at radius 3 is 2.59 bits per heavy atom. The van der Waals surface area contributed by atoms with Crippen LogP contribution in [0.15, 0.2) is 65.5 Å². The Hall–Kier alpha value is -3.83. The topological polar surface area (TPSA) is 136 Å². The normalized spacial score (nSPS) is 22.3. The summed E-state index contributed by atoms with van der Waals surface area (Å²) in [5.41, 5.74) is 2.56. The molecule has 2 N–H and O–H groups in total. The van der Waals surface area contributed by atoms with Gasteiger partial charge in [0.25, 0.3) is 21.8 Å². The monoisotopic (exact) mass is 519 g/mol. The van der Waals surface area contributed by atoms with Gasteiger partial charge in [0, 0.05) is 55.3 Å². The number of hydrogen-bond acceptors (Lipinski definition) is 7. The van der Waals surface area contributed by atoms with Crippen molar-refractivity contribution in [3.63, 3.8) is 0 Å². The lowest BCUT2D eigenvalue weighted by molar-refractivity contribution is 0.0770. The number of likely N-dealkylation sites (tertiary alicyclic amines) is 1. The maximum Gasteiger partial charge on any atom is 0.276 e. The minimum absolute atomic E-state index is 0.166. The van der Waals surface area contributed by atoms with E-state index in [1.54, 1.807) is 15.9 Å². The van der Waals surface area contributed by atoms with Crippen molar-refractivity contribution in [3.05, 3.63) is 71.7 Å². The van der Waals surface area contributed by atoms with Gasteiger partial charge in [0.05, 0.1) is 17.7 Å². The number of amides is 2. The maximum atomic E-state index is 13.4. The van der Waals surface area contributed by atoms with E-state index in [1.807, 2.05) is 37.4 Å². The second-order valence-corrected chi connectivity index (χ2v) is 11.1. The first-order valence-corrected chi connectivity index (χ1v) is 13.6. The summed E-state index contributed by atoms with van der Waals surface area (Å²) in [6.45, 7) is 4.08. The van der Waals surface area contributed by atoms with Gasteiger partial charge in [0.2, 0.25) is 0 Å². The first kappa shape index (κ1) is 23.6. The number of nitrogens with zero attached hydrogens (tertiary/aromatic N) is 4. The molecule has 2 aromatic heterocycles. The van der Waals surface area contributed by atoms with Crippen LogP contribution in [-0.4, -0.2) is 66.2 Å². The molecule has 4 heterocycles. The van der Waals surface area contributed by atoms with Crippen molar-refractivity contribution in [1.29, 1.82) is 0 Å². The number of primary sulfonamides is 1. The van der Waals surface area contributed by atoms with Gasteiger partial charge < -0.3 is 14.5 Å². The Morgan fingerprint density at radius 2 is 1.86 bits per heavy atom. The van der Waals surface area contributed by atoms with Gasteiger partial charge in [-0.3, -0.25) is 9.59 Å². The van der Waals surface area contributed by atoms with Gasteiger partial charge in [0.15, 0.2) is 5.03 Å². The molecule has 1 saturated heterocycles. The third kappa shape index (κ3) is 3.94. The average Bonchev–Trinajstić information content (AvgIpc) is 3.46. The van der Waals surface area contributed by atoms with E-state index in [0.29, 0.717) is 48.8 Å². The molecule has 6 rings (SSSR count). The van der Waals surface area contributed by atoms with Gasteiger partial charge in [-0.15, -0.1) is 0 Å². The smallest absolute Gasteiger partial charge is 0.276 e. The van der Waals surface area contributed by atoms with E-state index in [-0.39, 0.29) is 34.6 Å². The summed E-state index contributed by atoms with van der Waals surface area (Å²) in [4.78, 5) is 38.3. The second kappa shape index (κ2) is 8.63. The Kier molecular flexibility index (Phi) is 5.50. The number of fused-ring (bicyclic) bond motifs is 5. The van der Waals surface area contributed by atoms with Crippen LogP contribution >= 0.6 is 0 Å². The minimum atomic E-state index is -3.92. The molecule has 2 fully saturated rings. The van der Waals surface area contributed by atoms with Gasteiger partial charge in [-0.25, -0.2) is 23.5 Å². The Balaban J connectivity index is 1.17. The third-order valence-corrected chi connectivity index (χ3v) is 8.28. The Bertz CT molecular complexity index is 1570. The molecule has 2 aliphatic heterocycles. The molecule has 10 nitrogen and oxygen atoms in total. The molecule has 11 heteroatoms. The molecule has 0 unspecified atom stereocenters. The summed E-state index contributed by atoms with van der Waals surface area (Å²) in [5, 5.41) is 5.68. The molecule has 1 aromatic carbocycles. The number of nitrogens with two attached hydrogens (primary N) is 1. The molecule has 0 bridgehead atoms. The summed E-state index contributed by atoms with van der Waals surface area (Å²) >= 11 is 0. The SMILES string of the molecule is CCOc1cc(C(=O)N2C=C3[C@H](C2)[C@H]2CN(C(=O)c4ccc(S(N)(=O)=O)nc4)C[C@@H]32)nc2ccccc12. The van der Waals surface area contributed by atoms with Gasteiger partial charge in [0.1, 0.15) is 11.4 Å². The van der Waals surface area contributed by atoms with Crippen molar-refractivity contribution < 1.29 is 22.7 Å². The van der Waals surface area contributed by atoms with E-state index in [4.69, 9.17) is 9.88 Å². The van der Waals surface area contributed by atoms with Gasteiger partial charge >= 0.3 is 0 Å². The van der Waals surface area contributed by atoms with Crippen LogP contribution in [0.5, 0.6) is 5.75 Å². The average molecular weight is 520 g/mol. The molecule has 3 atom stereocenters. The van der Waals surface area contributed by atoms with Crippen LogP contribution < -0.4 is 9.88 Å². The number of para-hydroxylation sites is 1. The van der Waals surface area contributed by atoms with Crippen molar-refractivity contribution in [2.45, 2.75) is 11.9 Å². The van der Waals surface area contributed by atoms with E-state index in [9.17, 15) is 18.0 Å². The molecular formula is C26H25N5O5S. The van der Waals surface area contributed by atoms with Gasteiger partial charge in [-0.05, 0) is 42.7 Å². The number of carbonyl (C=O) groups is 2. The summed E-state index contributed by atoms with van der Waals surface area (Å²) < 4.78 is 28.6. The fourth-order valence-corrected chi connectivity index (χ4v) is 6.17. The predicted octanol–water partition coefficient (Wildman–Crippen LogP) is 2.03. The molecule has 3 aliphatic rings. The minimum Gasteiger partial charge on any atom is -0.493 e. The summed E-state index contributed by atoms with van der Waals surface area (Å²) in [6, 6.07) is 12.0. The van der Waals surface area contributed by atoms with Crippen LogP contribution in [0.4, 0.5) is 0 Å². The lowest BCUT2D eigenvalue weighted by Crippen LogP contribution is -2.40. The maximum absolute atomic E-state index is 13.4. The zero-order valence-corrected chi connectivity index (χ0v) is 20.9. The lowest BCUT2D eigenvalue weighted by Gasteiger charge is -2.38. The van der Waals surface area contributed by atoms with E-state index in [2.05, 4.69) is 9.97 Å². The van der Waals surface area contributed by atoms with Crippen LogP contribution in [-0.2, 0) is 10.0 Å². The number of pyridine rings is 2. The van der Waals surface area contributed by atoms with Crippen molar-refractivity contribution in [1.82, 2.24) is 19.8 Å². The van der Waals surface area contributed by atoms with Crippen LogP contribution in [0.2, 0.25) is 0 Å². The number of sulfonamides is 1. The van der Waals surface area contributed by atoms with Crippen molar-refractivity contribution in [3.8, 4) is 5.75 Å². The zero-order valence-electron chi connectivity index (χ0n) is 20.1. The molecule has 0 radical (unpaired) electrons. The fourth-order valence-electron chi connectivity index (χ4n) is 5.71. The zero-order chi connectivity index (χ0) is 25.9. The molecule has 1 saturated carbocycles. The third-order valence-electron chi connectivity index (χ3n) is 7.46. The molecule has 1 aliphatic carbocycles. The Labute approximate surface area is 213 Å². The summed E-state index contributed by atoms with van der Waals surface area (Å²) in [7, 11) is -3.92. The van der Waals surface area contributed by atoms with E-state index in [0.717, 1.165) is 5.39 Å². The fraction of sp³-hybridized carbons (Fsp3) is 0.308. The Morgan fingerprint density at radius 1 is 1.08 bits per heavy atom. The van der Waals surface area contributed by atoms with Gasteiger partial charge in [-0.1, -0.05) is 12.1 Å². The van der Waals surface area contributed by atoms with E-state index >= 15 is 0 Å². The lowest BCUT2D eigenvalue weighted by atomic mass is 9.64. The number of ether oxygens (including phenoxy) is 1. The first-order chi connectivity index (χ1) is 17.7. The standard InChI is InChI=1S/C26H25N5O5S/c1-2-36-23-9-22(29-21-6-4-3-5-16(21)23)26(33)31-13-19-17-11-30(12-18(17)20(19)14-31)25(32)15-7-8-24(28-10-15)37(27,34)35/h3-10,13,17-18,20H,2,11-12,14H2,1H3,(H2,27,34,35)/t17-,18+,20-/m1/s1. The highest BCUT2D eigenvalue weighted by Gasteiger charge is 2.55. The summed E-state index contributed by atoms with van der Waals surface area (Å²) in [5.74, 6) is 0.962. The van der Waals surface area contributed by atoms with Crippen LogP contribution in [0.1, 0.15) is 27.8 Å². The van der Waals surface area contributed by atoms with E-state index < -0.39 is 10.0 Å². The van der Waals surface area contributed by atoms with Crippen LogP contribution in [0, 0.1) is 17.8 Å². The largest absolute Gasteiger partial charge is 0.493 e.